The normalized spacial score (nSPS) is 12.1. The lowest BCUT2D eigenvalue weighted by molar-refractivity contribution is -0.115. The van der Waals surface area contributed by atoms with Gasteiger partial charge in [-0.2, -0.15) is 0 Å². The molecule has 0 bridgehead atoms. The van der Waals surface area contributed by atoms with E-state index in [9.17, 15) is 4.79 Å². The topological polar surface area (TPSA) is 59.8 Å². The molecule has 5 nitrogen and oxygen atoms in total. The Labute approximate surface area is 155 Å². The molecule has 0 aliphatic heterocycles. The van der Waals surface area contributed by atoms with Gasteiger partial charge in [0.1, 0.15) is 5.82 Å². The van der Waals surface area contributed by atoms with Crippen molar-refractivity contribution in [2.75, 3.05) is 5.32 Å². The Bertz CT molecular complexity index is 841. The molecule has 2 heterocycles. The van der Waals surface area contributed by atoms with Gasteiger partial charge in [0.05, 0.1) is 5.25 Å². The number of aromatic nitrogens is 3. The summed E-state index contributed by atoms with van der Waals surface area (Å²) in [6.45, 7) is 3.90. The van der Waals surface area contributed by atoms with E-state index in [2.05, 4.69) is 27.0 Å². The van der Waals surface area contributed by atoms with Crippen LogP contribution in [0.4, 0.5) is 5.69 Å². The molecule has 0 aliphatic carbocycles. The highest BCUT2D eigenvalue weighted by Gasteiger charge is 2.19. The first-order valence-corrected chi connectivity index (χ1v) is 9.73. The van der Waals surface area contributed by atoms with E-state index in [0.717, 1.165) is 28.7 Å². The van der Waals surface area contributed by atoms with Crippen LogP contribution in [0.25, 0.3) is 0 Å². The zero-order chi connectivity index (χ0) is 17.8. The molecule has 3 rings (SSSR count). The highest BCUT2D eigenvalue weighted by Crippen LogP contribution is 2.24. The Morgan fingerprint density at radius 1 is 1.28 bits per heavy atom. The molecule has 1 unspecified atom stereocenters. The van der Waals surface area contributed by atoms with Gasteiger partial charge in [0.15, 0.2) is 5.16 Å². The van der Waals surface area contributed by atoms with Gasteiger partial charge in [-0.15, -0.1) is 21.5 Å². The minimum atomic E-state index is -0.265. The molecule has 0 radical (unpaired) electrons. The lowest BCUT2D eigenvalue weighted by atomic mass is 10.2. The monoisotopic (exact) mass is 372 g/mol. The zero-order valence-corrected chi connectivity index (χ0v) is 16.0. The number of amides is 1. The van der Waals surface area contributed by atoms with Crippen LogP contribution in [0.3, 0.4) is 0 Å². The van der Waals surface area contributed by atoms with E-state index in [-0.39, 0.29) is 11.2 Å². The van der Waals surface area contributed by atoms with Crippen molar-refractivity contribution in [1.82, 2.24) is 14.8 Å². The molecule has 130 valence electrons. The number of anilines is 1. The Kier molecular flexibility index (Phi) is 5.55. The summed E-state index contributed by atoms with van der Waals surface area (Å²) in [5, 5.41) is 14.0. The van der Waals surface area contributed by atoms with E-state index in [4.69, 9.17) is 0 Å². The summed E-state index contributed by atoms with van der Waals surface area (Å²) in [6, 6.07) is 11.9. The van der Waals surface area contributed by atoms with E-state index < -0.39 is 0 Å². The molecule has 1 N–H and O–H groups in total. The molecule has 3 aromatic rings. The first-order chi connectivity index (χ1) is 12.0. The number of carbonyl (C=O) groups excluding carboxylic acids is 1. The Morgan fingerprint density at radius 2 is 2.04 bits per heavy atom. The van der Waals surface area contributed by atoms with Gasteiger partial charge in [-0.3, -0.25) is 4.79 Å². The molecule has 0 saturated heterocycles. The fourth-order valence-corrected chi connectivity index (χ4v) is 3.80. The van der Waals surface area contributed by atoms with E-state index in [1.165, 1.54) is 16.6 Å². The molecule has 1 atom stereocenters. The molecule has 0 spiro atoms. The molecule has 2 aromatic heterocycles. The highest BCUT2D eigenvalue weighted by molar-refractivity contribution is 8.00. The van der Waals surface area contributed by atoms with Crippen LogP contribution in [0.5, 0.6) is 0 Å². The van der Waals surface area contributed by atoms with Crippen molar-refractivity contribution in [2.45, 2.75) is 30.7 Å². The average Bonchev–Trinajstić information content (AvgIpc) is 3.22. The summed E-state index contributed by atoms with van der Waals surface area (Å²) in [7, 11) is 1.94. The summed E-state index contributed by atoms with van der Waals surface area (Å²) in [6.07, 6.45) is 0.756. The Balaban J connectivity index is 1.62. The predicted molar refractivity (Wildman–Crippen MR) is 103 cm³/mol. The molecule has 7 heteroatoms. The summed E-state index contributed by atoms with van der Waals surface area (Å²) >= 11 is 3.12. The maximum absolute atomic E-state index is 12.4. The third-order valence-corrected chi connectivity index (χ3v) is 5.82. The second-order valence-electron chi connectivity index (χ2n) is 5.83. The van der Waals surface area contributed by atoms with Crippen LogP contribution in [0.15, 0.2) is 46.9 Å². The molecule has 0 fully saturated rings. The second-order valence-corrected chi connectivity index (χ2v) is 8.17. The summed E-state index contributed by atoms with van der Waals surface area (Å²) < 4.78 is 1.96. The molecule has 25 heavy (non-hydrogen) atoms. The lowest BCUT2D eigenvalue weighted by Gasteiger charge is -2.11. The number of thiophene rings is 1. The first kappa shape index (κ1) is 17.7. The molecule has 0 saturated carbocycles. The average molecular weight is 373 g/mol. The molecule has 1 amide bonds. The number of hydrogen-bond donors (Lipinski definition) is 1. The van der Waals surface area contributed by atoms with Crippen LogP contribution < -0.4 is 5.32 Å². The number of aryl methyl sites for hydroxylation is 1. The Morgan fingerprint density at radius 3 is 2.72 bits per heavy atom. The van der Waals surface area contributed by atoms with Crippen LogP contribution in [0.1, 0.15) is 23.2 Å². The van der Waals surface area contributed by atoms with Crippen LogP contribution in [-0.4, -0.2) is 25.9 Å². The van der Waals surface area contributed by atoms with Crippen molar-refractivity contribution < 1.29 is 4.79 Å². The fourth-order valence-electron chi connectivity index (χ4n) is 2.26. The van der Waals surface area contributed by atoms with Gasteiger partial charge in [-0.1, -0.05) is 35.5 Å². The van der Waals surface area contributed by atoms with Gasteiger partial charge in [-0.25, -0.2) is 0 Å². The SMILES string of the molecule is Cc1ccc(NC(=O)C(C)Sc2nnc(Cc3cccs3)n2C)cc1. The third-order valence-electron chi connectivity index (χ3n) is 3.81. The number of nitrogens with one attached hydrogen (secondary N) is 1. The Hall–Kier alpha value is -2.12. The standard InChI is InChI=1S/C18H20N4OS2/c1-12-6-8-14(9-7-12)19-17(23)13(2)25-18-21-20-16(22(18)3)11-15-5-4-10-24-15/h4-10,13H,11H2,1-3H3,(H,19,23). The van der Waals surface area contributed by atoms with E-state index in [1.54, 1.807) is 11.3 Å². The van der Waals surface area contributed by atoms with Gasteiger partial charge in [0.25, 0.3) is 0 Å². The number of thioether (sulfide) groups is 1. The minimum Gasteiger partial charge on any atom is -0.325 e. The fraction of sp³-hybridized carbons (Fsp3) is 0.278. The highest BCUT2D eigenvalue weighted by atomic mass is 32.2. The number of hydrogen-bond acceptors (Lipinski definition) is 5. The zero-order valence-electron chi connectivity index (χ0n) is 14.4. The lowest BCUT2D eigenvalue weighted by Crippen LogP contribution is -2.22. The molecular weight excluding hydrogens is 352 g/mol. The van der Waals surface area contributed by atoms with E-state index in [0.29, 0.717) is 0 Å². The van der Waals surface area contributed by atoms with Crippen molar-refractivity contribution in [3.8, 4) is 0 Å². The third kappa shape index (κ3) is 4.49. The number of benzene rings is 1. The van der Waals surface area contributed by atoms with Gasteiger partial charge < -0.3 is 9.88 Å². The van der Waals surface area contributed by atoms with Crippen LogP contribution >= 0.6 is 23.1 Å². The number of nitrogens with zero attached hydrogens (tertiary/aromatic N) is 3. The maximum atomic E-state index is 12.4. The quantitative estimate of drug-likeness (QED) is 0.667. The summed E-state index contributed by atoms with van der Waals surface area (Å²) in [4.78, 5) is 13.6. The number of carbonyl (C=O) groups is 1. The molecular formula is C18H20N4OS2. The molecule has 0 aliphatic rings. The van der Waals surface area contributed by atoms with Crippen LogP contribution in [0.2, 0.25) is 0 Å². The van der Waals surface area contributed by atoms with Crippen LogP contribution in [-0.2, 0) is 18.3 Å². The van der Waals surface area contributed by atoms with Gasteiger partial charge in [0.2, 0.25) is 5.91 Å². The van der Waals surface area contributed by atoms with Crippen molar-refractivity contribution in [2.24, 2.45) is 7.05 Å². The first-order valence-electron chi connectivity index (χ1n) is 7.98. The van der Waals surface area contributed by atoms with Gasteiger partial charge in [0, 0.05) is 24.0 Å². The van der Waals surface area contributed by atoms with Crippen molar-refractivity contribution in [3.63, 3.8) is 0 Å². The predicted octanol–water partition coefficient (Wildman–Crippen LogP) is 3.90. The smallest absolute Gasteiger partial charge is 0.237 e. The summed E-state index contributed by atoms with van der Waals surface area (Å²) in [5.74, 6) is 0.854. The van der Waals surface area contributed by atoms with Crippen molar-refractivity contribution in [1.29, 1.82) is 0 Å². The second kappa shape index (κ2) is 7.84. The van der Waals surface area contributed by atoms with Gasteiger partial charge >= 0.3 is 0 Å². The van der Waals surface area contributed by atoms with E-state index >= 15 is 0 Å². The largest absolute Gasteiger partial charge is 0.325 e. The maximum Gasteiger partial charge on any atom is 0.237 e. The van der Waals surface area contributed by atoms with Gasteiger partial charge in [-0.05, 0) is 37.4 Å². The van der Waals surface area contributed by atoms with Crippen LogP contribution in [0, 0.1) is 6.92 Å². The number of rotatable bonds is 6. The van der Waals surface area contributed by atoms with E-state index in [1.807, 2.05) is 55.8 Å². The van der Waals surface area contributed by atoms with Crippen molar-refractivity contribution >= 4 is 34.7 Å². The summed E-state index contributed by atoms with van der Waals surface area (Å²) in [5.41, 5.74) is 1.97. The minimum absolute atomic E-state index is 0.0448. The van der Waals surface area contributed by atoms with Crippen molar-refractivity contribution in [3.05, 3.63) is 58.0 Å². The molecule has 1 aromatic carbocycles.